The van der Waals surface area contributed by atoms with Crippen molar-refractivity contribution in [2.45, 2.75) is 57.0 Å². The van der Waals surface area contributed by atoms with Gasteiger partial charge in [0, 0.05) is 12.1 Å². The number of hydrogen-bond acceptors (Lipinski definition) is 2. The number of urea groups is 1. The van der Waals surface area contributed by atoms with Crippen molar-refractivity contribution < 1.29 is 4.79 Å². The first-order valence-electron chi connectivity index (χ1n) is 6.49. The number of carbonyl (C=O) groups is 1. The van der Waals surface area contributed by atoms with Crippen molar-refractivity contribution in [1.82, 2.24) is 10.6 Å². The molecule has 1 saturated heterocycles. The second-order valence-corrected chi connectivity index (χ2v) is 6.06. The highest BCUT2D eigenvalue weighted by molar-refractivity contribution is 7.99. The van der Waals surface area contributed by atoms with Crippen LogP contribution in [0.3, 0.4) is 0 Å². The summed E-state index contributed by atoms with van der Waals surface area (Å²) < 4.78 is 0. The largest absolute Gasteiger partial charge is 0.335 e. The van der Waals surface area contributed by atoms with E-state index in [2.05, 4.69) is 10.6 Å². The highest BCUT2D eigenvalue weighted by Gasteiger charge is 2.19. The first kappa shape index (κ1) is 12.1. The lowest BCUT2D eigenvalue weighted by Gasteiger charge is -2.26. The maximum absolute atomic E-state index is 11.8. The molecule has 1 aliphatic heterocycles. The Bertz CT molecular complexity index is 201. The molecule has 1 saturated carbocycles. The molecule has 0 aromatic rings. The van der Waals surface area contributed by atoms with Crippen LogP contribution < -0.4 is 10.6 Å². The lowest BCUT2D eigenvalue weighted by atomic mass is 9.96. The fraction of sp³-hybridized carbons (Fsp3) is 0.917. The molecule has 2 amide bonds. The first-order valence-corrected chi connectivity index (χ1v) is 7.65. The molecule has 0 radical (unpaired) electrons. The van der Waals surface area contributed by atoms with E-state index in [9.17, 15) is 4.79 Å². The standard InChI is InChI=1S/C12H22N2OS/c15-12(13-10-4-2-1-3-5-10)14-11-6-8-16-9-7-11/h10-11H,1-9H2,(H2,13,14,15). The molecule has 2 rings (SSSR count). The predicted octanol–water partition coefficient (Wildman–Crippen LogP) is 2.51. The zero-order valence-electron chi connectivity index (χ0n) is 9.84. The first-order chi connectivity index (χ1) is 7.84. The van der Waals surface area contributed by atoms with Crippen LogP contribution in [0.1, 0.15) is 44.9 Å². The van der Waals surface area contributed by atoms with Crippen LogP contribution in [0.5, 0.6) is 0 Å². The van der Waals surface area contributed by atoms with Gasteiger partial charge in [0.05, 0.1) is 0 Å². The van der Waals surface area contributed by atoms with E-state index in [0.29, 0.717) is 12.1 Å². The average Bonchev–Trinajstić information content (AvgIpc) is 2.31. The van der Waals surface area contributed by atoms with Crippen LogP contribution in [-0.2, 0) is 0 Å². The maximum Gasteiger partial charge on any atom is 0.315 e. The summed E-state index contributed by atoms with van der Waals surface area (Å²) in [4.78, 5) is 11.8. The van der Waals surface area contributed by atoms with Crippen molar-refractivity contribution in [3.63, 3.8) is 0 Å². The molecule has 1 heterocycles. The van der Waals surface area contributed by atoms with Crippen LogP contribution in [0.15, 0.2) is 0 Å². The van der Waals surface area contributed by atoms with Gasteiger partial charge in [0.1, 0.15) is 0 Å². The van der Waals surface area contributed by atoms with Crippen molar-refractivity contribution in [2.75, 3.05) is 11.5 Å². The molecule has 1 aliphatic carbocycles. The molecule has 0 atom stereocenters. The molecule has 92 valence electrons. The fourth-order valence-electron chi connectivity index (χ4n) is 2.50. The van der Waals surface area contributed by atoms with E-state index >= 15 is 0 Å². The van der Waals surface area contributed by atoms with Crippen molar-refractivity contribution in [2.24, 2.45) is 0 Å². The molecular weight excluding hydrogens is 220 g/mol. The summed E-state index contributed by atoms with van der Waals surface area (Å²) in [6, 6.07) is 0.889. The molecular formula is C12H22N2OS. The summed E-state index contributed by atoms with van der Waals surface area (Å²) in [5.41, 5.74) is 0. The Kier molecular flexibility index (Phi) is 4.82. The molecule has 0 aromatic carbocycles. The maximum atomic E-state index is 11.8. The van der Waals surface area contributed by atoms with Gasteiger partial charge in [-0.1, -0.05) is 19.3 Å². The second-order valence-electron chi connectivity index (χ2n) is 4.84. The third-order valence-electron chi connectivity index (χ3n) is 3.50. The van der Waals surface area contributed by atoms with Gasteiger partial charge in [-0.15, -0.1) is 0 Å². The Hall–Kier alpha value is -0.380. The summed E-state index contributed by atoms with van der Waals surface area (Å²) in [5.74, 6) is 2.38. The molecule has 4 heteroatoms. The lowest BCUT2D eigenvalue weighted by molar-refractivity contribution is 0.228. The molecule has 2 N–H and O–H groups in total. The molecule has 0 unspecified atom stereocenters. The molecule has 0 aromatic heterocycles. The Morgan fingerprint density at radius 2 is 1.44 bits per heavy atom. The Labute approximate surface area is 102 Å². The third kappa shape index (κ3) is 3.89. The van der Waals surface area contributed by atoms with Crippen LogP contribution in [0, 0.1) is 0 Å². The van der Waals surface area contributed by atoms with Gasteiger partial charge >= 0.3 is 6.03 Å². The molecule has 2 aliphatic rings. The van der Waals surface area contributed by atoms with Crippen LogP contribution in [0.25, 0.3) is 0 Å². The highest BCUT2D eigenvalue weighted by atomic mass is 32.2. The summed E-state index contributed by atoms with van der Waals surface area (Å²) >= 11 is 1.99. The van der Waals surface area contributed by atoms with Crippen molar-refractivity contribution in [3.05, 3.63) is 0 Å². The number of hydrogen-bond donors (Lipinski definition) is 2. The van der Waals surface area contributed by atoms with Crippen molar-refractivity contribution in [1.29, 1.82) is 0 Å². The summed E-state index contributed by atoms with van der Waals surface area (Å²) in [6.07, 6.45) is 8.45. The Morgan fingerprint density at radius 1 is 0.875 bits per heavy atom. The zero-order chi connectivity index (χ0) is 11.2. The number of amides is 2. The van der Waals surface area contributed by atoms with Crippen molar-refractivity contribution >= 4 is 17.8 Å². The van der Waals surface area contributed by atoms with E-state index in [4.69, 9.17) is 0 Å². The van der Waals surface area contributed by atoms with E-state index in [1.807, 2.05) is 11.8 Å². The lowest BCUT2D eigenvalue weighted by Crippen LogP contribution is -2.47. The van der Waals surface area contributed by atoms with E-state index in [1.165, 1.54) is 30.8 Å². The quantitative estimate of drug-likeness (QED) is 0.781. The average molecular weight is 242 g/mol. The summed E-state index contributed by atoms with van der Waals surface area (Å²) in [6.45, 7) is 0. The highest BCUT2D eigenvalue weighted by Crippen LogP contribution is 2.18. The smallest absolute Gasteiger partial charge is 0.315 e. The minimum atomic E-state index is 0.0591. The number of carbonyl (C=O) groups excluding carboxylic acids is 1. The summed E-state index contributed by atoms with van der Waals surface area (Å²) in [7, 11) is 0. The van der Waals surface area contributed by atoms with Gasteiger partial charge < -0.3 is 10.6 Å². The predicted molar refractivity (Wildman–Crippen MR) is 68.9 cm³/mol. The number of rotatable bonds is 2. The van der Waals surface area contributed by atoms with Gasteiger partial charge in [-0.25, -0.2) is 4.79 Å². The van der Waals surface area contributed by atoms with Gasteiger partial charge in [-0.3, -0.25) is 0 Å². The van der Waals surface area contributed by atoms with E-state index < -0.39 is 0 Å². The third-order valence-corrected chi connectivity index (χ3v) is 4.55. The van der Waals surface area contributed by atoms with Crippen LogP contribution in [0.2, 0.25) is 0 Å². The van der Waals surface area contributed by atoms with Crippen LogP contribution in [0.4, 0.5) is 4.79 Å². The summed E-state index contributed by atoms with van der Waals surface area (Å²) in [5, 5.41) is 6.21. The van der Waals surface area contributed by atoms with E-state index in [-0.39, 0.29) is 6.03 Å². The van der Waals surface area contributed by atoms with Gasteiger partial charge in [-0.2, -0.15) is 11.8 Å². The minimum absolute atomic E-state index is 0.0591. The minimum Gasteiger partial charge on any atom is -0.335 e. The number of thioether (sulfide) groups is 1. The van der Waals surface area contributed by atoms with Crippen molar-refractivity contribution in [3.8, 4) is 0 Å². The van der Waals surface area contributed by atoms with Crippen LogP contribution >= 0.6 is 11.8 Å². The molecule has 3 nitrogen and oxygen atoms in total. The van der Waals surface area contributed by atoms with Gasteiger partial charge in [-0.05, 0) is 37.2 Å². The Morgan fingerprint density at radius 3 is 2.06 bits per heavy atom. The molecule has 0 bridgehead atoms. The fourth-order valence-corrected chi connectivity index (χ4v) is 3.61. The van der Waals surface area contributed by atoms with Gasteiger partial charge in [0.25, 0.3) is 0 Å². The van der Waals surface area contributed by atoms with E-state index in [1.54, 1.807) is 0 Å². The zero-order valence-corrected chi connectivity index (χ0v) is 10.7. The Balaban J connectivity index is 1.66. The molecule has 16 heavy (non-hydrogen) atoms. The van der Waals surface area contributed by atoms with E-state index in [0.717, 1.165) is 25.7 Å². The van der Waals surface area contributed by atoms with Crippen LogP contribution in [-0.4, -0.2) is 29.6 Å². The number of nitrogens with one attached hydrogen (secondary N) is 2. The second kappa shape index (κ2) is 6.38. The molecule has 0 spiro atoms. The normalized spacial score (nSPS) is 24.0. The SMILES string of the molecule is O=C(NC1CCCCC1)NC1CCSCC1. The monoisotopic (exact) mass is 242 g/mol. The molecule has 2 fully saturated rings. The van der Waals surface area contributed by atoms with Gasteiger partial charge in [0.15, 0.2) is 0 Å². The van der Waals surface area contributed by atoms with Gasteiger partial charge in [0.2, 0.25) is 0 Å². The topological polar surface area (TPSA) is 41.1 Å².